The van der Waals surface area contributed by atoms with Crippen LogP contribution in [0.1, 0.15) is 41.3 Å². The summed E-state index contributed by atoms with van der Waals surface area (Å²) in [5.41, 5.74) is 4.18. The van der Waals surface area contributed by atoms with E-state index in [1.807, 2.05) is 54.6 Å². The van der Waals surface area contributed by atoms with E-state index in [-0.39, 0.29) is 23.2 Å². The van der Waals surface area contributed by atoms with Crippen molar-refractivity contribution in [2.45, 2.75) is 30.7 Å². The maximum Gasteiger partial charge on any atom is 0.286 e. The van der Waals surface area contributed by atoms with Crippen LogP contribution in [0.4, 0.5) is 4.79 Å². The maximum absolute atomic E-state index is 12.1. The second kappa shape index (κ2) is 11.5. The lowest BCUT2D eigenvalue weighted by atomic mass is 9.94. The summed E-state index contributed by atoms with van der Waals surface area (Å²) in [6.45, 7) is 2.10. The standard InChI is InChI=1S/C28H30N2O5S/c1-17(20-10-13-23(34-3)24(16-20)35-4)29-26(19-8-11-22(33-2)12-9-19)21-7-5-6-18(14-21)15-25-27(31)30-28(32)36-25/h5-14,16-17,25-26,29H,15H2,1-4H3,(H,30,31,32). The fraction of sp³-hybridized carbons (Fsp3) is 0.286. The number of carbonyl (C=O) groups is 2. The van der Waals surface area contributed by atoms with Gasteiger partial charge in [0.15, 0.2) is 11.5 Å². The number of imide groups is 1. The number of benzene rings is 3. The fourth-order valence-corrected chi connectivity index (χ4v) is 5.15. The van der Waals surface area contributed by atoms with E-state index in [1.165, 1.54) is 0 Å². The van der Waals surface area contributed by atoms with Crippen LogP contribution in [0, 0.1) is 0 Å². The van der Waals surface area contributed by atoms with Gasteiger partial charge in [0.1, 0.15) is 5.75 Å². The topological polar surface area (TPSA) is 85.9 Å². The number of thioether (sulfide) groups is 1. The quantitative estimate of drug-likeness (QED) is 0.398. The Balaban J connectivity index is 1.64. The molecule has 0 bridgehead atoms. The SMILES string of the molecule is COc1ccc(C(NC(C)c2ccc(OC)c(OC)c2)c2cccc(CC3SC(=O)NC3=O)c2)cc1. The number of nitrogens with one attached hydrogen (secondary N) is 2. The third-order valence-corrected chi connectivity index (χ3v) is 7.23. The first-order chi connectivity index (χ1) is 17.4. The van der Waals surface area contributed by atoms with Gasteiger partial charge in [0, 0.05) is 6.04 Å². The van der Waals surface area contributed by atoms with Gasteiger partial charge in [-0.1, -0.05) is 54.2 Å². The number of ether oxygens (including phenoxy) is 3. The van der Waals surface area contributed by atoms with E-state index in [0.717, 1.165) is 39.8 Å². The molecule has 4 rings (SSSR count). The molecule has 1 aliphatic rings. The Bertz CT molecular complexity index is 1230. The highest BCUT2D eigenvalue weighted by Gasteiger charge is 2.31. The second-order valence-corrected chi connectivity index (χ2v) is 9.72. The van der Waals surface area contributed by atoms with Crippen molar-refractivity contribution >= 4 is 22.9 Å². The molecule has 2 amide bonds. The molecule has 0 aliphatic carbocycles. The minimum atomic E-state index is -0.411. The molecule has 3 atom stereocenters. The summed E-state index contributed by atoms with van der Waals surface area (Å²) in [5.74, 6) is 1.91. The van der Waals surface area contributed by atoms with Crippen LogP contribution in [0.3, 0.4) is 0 Å². The van der Waals surface area contributed by atoms with Crippen LogP contribution < -0.4 is 24.8 Å². The van der Waals surface area contributed by atoms with E-state index < -0.39 is 5.25 Å². The largest absolute Gasteiger partial charge is 0.497 e. The van der Waals surface area contributed by atoms with Gasteiger partial charge in [-0.15, -0.1) is 0 Å². The number of carbonyl (C=O) groups excluding carboxylic acids is 2. The lowest BCUT2D eigenvalue weighted by Crippen LogP contribution is -2.26. The molecule has 1 heterocycles. The van der Waals surface area contributed by atoms with Gasteiger partial charge in [-0.3, -0.25) is 20.2 Å². The summed E-state index contributed by atoms with van der Waals surface area (Å²) in [4.78, 5) is 23.7. The van der Waals surface area contributed by atoms with Crippen molar-refractivity contribution in [3.63, 3.8) is 0 Å². The zero-order chi connectivity index (χ0) is 25.7. The minimum absolute atomic E-state index is 0.0191. The number of hydrogen-bond acceptors (Lipinski definition) is 7. The predicted molar refractivity (Wildman–Crippen MR) is 141 cm³/mol. The Labute approximate surface area is 215 Å². The molecule has 3 aromatic carbocycles. The highest BCUT2D eigenvalue weighted by atomic mass is 32.2. The maximum atomic E-state index is 12.1. The van der Waals surface area contributed by atoms with Crippen LogP contribution in [0.2, 0.25) is 0 Å². The lowest BCUT2D eigenvalue weighted by molar-refractivity contribution is -0.118. The summed E-state index contributed by atoms with van der Waals surface area (Å²) in [5, 5.41) is 5.42. The zero-order valence-corrected chi connectivity index (χ0v) is 21.6. The molecule has 0 aromatic heterocycles. The molecule has 0 radical (unpaired) electrons. The second-order valence-electron chi connectivity index (χ2n) is 8.54. The number of rotatable bonds is 10. The Hall–Kier alpha value is -3.49. The van der Waals surface area contributed by atoms with Gasteiger partial charge in [0.2, 0.25) is 5.91 Å². The molecule has 8 heteroatoms. The van der Waals surface area contributed by atoms with Crippen molar-refractivity contribution in [2.75, 3.05) is 21.3 Å². The van der Waals surface area contributed by atoms with Crippen LogP contribution in [-0.2, 0) is 11.2 Å². The van der Waals surface area contributed by atoms with E-state index in [4.69, 9.17) is 14.2 Å². The van der Waals surface area contributed by atoms with Crippen LogP contribution >= 0.6 is 11.8 Å². The summed E-state index contributed by atoms with van der Waals surface area (Å²) in [6.07, 6.45) is 0.483. The molecule has 1 fully saturated rings. The third-order valence-electron chi connectivity index (χ3n) is 6.25. The Kier molecular flexibility index (Phi) is 8.18. The normalized spacial score (nSPS) is 16.8. The highest BCUT2D eigenvalue weighted by molar-refractivity contribution is 8.15. The smallest absolute Gasteiger partial charge is 0.286 e. The number of methoxy groups -OCH3 is 3. The molecule has 2 N–H and O–H groups in total. The van der Waals surface area contributed by atoms with Crippen molar-refractivity contribution < 1.29 is 23.8 Å². The van der Waals surface area contributed by atoms with Crippen LogP contribution in [0.25, 0.3) is 0 Å². The fourth-order valence-electron chi connectivity index (χ4n) is 4.29. The Morgan fingerprint density at radius 2 is 1.58 bits per heavy atom. The molecular weight excluding hydrogens is 476 g/mol. The Morgan fingerprint density at radius 3 is 2.22 bits per heavy atom. The van der Waals surface area contributed by atoms with Gasteiger partial charge in [-0.2, -0.15) is 0 Å². The molecule has 1 saturated heterocycles. The molecule has 3 aromatic rings. The Morgan fingerprint density at radius 1 is 0.861 bits per heavy atom. The molecule has 36 heavy (non-hydrogen) atoms. The van der Waals surface area contributed by atoms with Crippen LogP contribution in [0.5, 0.6) is 17.2 Å². The van der Waals surface area contributed by atoms with E-state index in [1.54, 1.807) is 21.3 Å². The van der Waals surface area contributed by atoms with Gasteiger partial charge >= 0.3 is 0 Å². The predicted octanol–water partition coefficient (Wildman–Crippen LogP) is 5.05. The van der Waals surface area contributed by atoms with Gasteiger partial charge < -0.3 is 14.2 Å². The van der Waals surface area contributed by atoms with E-state index in [2.05, 4.69) is 29.7 Å². The zero-order valence-electron chi connectivity index (χ0n) is 20.7. The number of amides is 2. The van der Waals surface area contributed by atoms with Crippen molar-refractivity contribution in [2.24, 2.45) is 0 Å². The van der Waals surface area contributed by atoms with E-state index in [0.29, 0.717) is 17.9 Å². The van der Waals surface area contributed by atoms with Gasteiger partial charge in [0.05, 0.1) is 32.6 Å². The first-order valence-corrected chi connectivity index (χ1v) is 12.5. The van der Waals surface area contributed by atoms with Crippen molar-refractivity contribution in [1.82, 2.24) is 10.6 Å². The van der Waals surface area contributed by atoms with Crippen molar-refractivity contribution in [3.05, 3.63) is 89.0 Å². The summed E-state index contributed by atoms with van der Waals surface area (Å²) in [6, 6.07) is 21.9. The summed E-state index contributed by atoms with van der Waals surface area (Å²) in [7, 11) is 4.90. The first-order valence-electron chi connectivity index (χ1n) is 11.6. The minimum Gasteiger partial charge on any atom is -0.497 e. The van der Waals surface area contributed by atoms with Crippen LogP contribution in [-0.4, -0.2) is 37.7 Å². The molecular formula is C28H30N2O5S. The van der Waals surface area contributed by atoms with Gasteiger partial charge in [0.25, 0.3) is 5.24 Å². The van der Waals surface area contributed by atoms with Crippen molar-refractivity contribution in [1.29, 1.82) is 0 Å². The van der Waals surface area contributed by atoms with Gasteiger partial charge in [-0.05, 0) is 59.9 Å². The molecule has 188 valence electrons. The van der Waals surface area contributed by atoms with E-state index >= 15 is 0 Å². The third kappa shape index (κ3) is 5.83. The summed E-state index contributed by atoms with van der Waals surface area (Å²) >= 11 is 1.05. The monoisotopic (exact) mass is 506 g/mol. The highest BCUT2D eigenvalue weighted by Crippen LogP contribution is 2.33. The molecule has 0 saturated carbocycles. The average Bonchev–Trinajstić information content (AvgIpc) is 3.22. The van der Waals surface area contributed by atoms with Crippen LogP contribution in [0.15, 0.2) is 66.7 Å². The molecule has 0 spiro atoms. The lowest BCUT2D eigenvalue weighted by Gasteiger charge is -2.26. The molecule has 3 unspecified atom stereocenters. The molecule has 7 nitrogen and oxygen atoms in total. The first kappa shape index (κ1) is 25.6. The average molecular weight is 507 g/mol. The van der Waals surface area contributed by atoms with Gasteiger partial charge in [-0.25, -0.2) is 0 Å². The van der Waals surface area contributed by atoms with Crippen molar-refractivity contribution in [3.8, 4) is 17.2 Å². The van der Waals surface area contributed by atoms with E-state index in [9.17, 15) is 9.59 Å². The summed E-state index contributed by atoms with van der Waals surface area (Å²) < 4.78 is 16.2. The number of hydrogen-bond donors (Lipinski definition) is 2. The molecule has 1 aliphatic heterocycles.